The van der Waals surface area contributed by atoms with Gasteiger partial charge in [0, 0.05) is 30.2 Å². The number of rotatable bonds is 3. The van der Waals surface area contributed by atoms with Crippen LogP contribution in [0.5, 0.6) is 0 Å². The summed E-state index contributed by atoms with van der Waals surface area (Å²) < 4.78 is 39.9. The van der Waals surface area contributed by atoms with E-state index < -0.39 is 11.7 Å². The third kappa shape index (κ3) is 2.92. The lowest BCUT2D eigenvalue weighted by Gasteiger charge is -2.12. The van der Waals surface area contributed by atoms with Gasteiger partial charge in [-0.15, -0.1) is 0 Å². The second-order valence-electron chi connectivity index (χ2n) is 5.26. The summed E-state index contributed by atoms with van der Waals surface area (Å²) >= 11 is 0. The fourth-order valence-electron chi connectivity index (χ4n) is 2.35. The van der Waals surface area contributed by atoms with E-state index in [9.17, 15) is 13.2 Å². The molecule has 120 valence electrons. The van der Waals surface area contributed by atoms with Gasteiger partial charge in [-0.05, 0) is 18.6 Å². The third-order valence-corrected chi connectivity index (χ3v) is 3.70. The maximum absolute atomic E-state index is 12.7. The minimum Gasteiger partial charge on any atom is -0.323 e. The van der Waals surface area contributed by atoms with E-state index in [0.29, 0.717) is 29.0 Å². The van der Waals surface area contributed by atoms with E-state index in [1.54, 1.807) is 23.0 Å². The average Bonchev–Trinajstić information content (AvgIpc) is 3.01. The van der Waals surface area contributed by atoms with Crippen LogP contribution in [0.1, 0.15) is 30.6 Å². The Kier molecular flexibility index (Phi) is 3.81. The predicted molar refractivity (Wildman–Crippen MR) is 80.6 cm³/mol. The number of nitrogens with zero attached hydrogens (tertiary/aromatic N) is 3. The predicted octanol–water partition coefficient (Wildman–Crippen LogP) is 3.82. The van der Waals surface area contributed by atoms with Gasteiger partial charge in [0.25, 0.3) is 0 Å². The van der Waals surface area contributed by atoms with Crippen molar-refractivity contribution in [3.63, 3.8) is 0 Å². The van der Waals surface area contributed by atoms with Gasteiger partial charge >= 0.3 is 6.18 Å². The largest absolute Gasteiger partial charge is 0.416 e. The number of alkyl halides is 3. The van der Waals surface area contributed by atoms with Crippen molar-refractivity contribution < 1.29 is 13.2 Å². The van der Waals surface area contributed by atoms with Crippen LogP contribution in [0, 0.1) is 0 Å². The average molecular weight is 320 g/mol. The van der Waals surface area contributed by atoms with Gasteiger partial charge < -0.3 is 10.1 Å². The molecule has 0 radical (unpaired) electrons. The van der Waals surface area contributed by atoms with E-state index in [1.165, 1.54) is 12.1 Å². The van der Waals surface area contributed by atoms with Crippen molar-refractivity contribution in [2.75, 3.05) is 0 Å². The van der Waals surface area contributed by atoms with Gasteiger partial charge in [0.2, 0.25) is 0 Å². The lowest BCUT2D eigenvalue weighted by atomic mass is 10.1. The highest BCUT2D eigenvalue weighted by Gasteiger charge is 2.30. The first-order valence-corrected chi connectivity index (χ1v) is 7.17. The van der Waals surface area contributed by atoms with Gasteiger partial charge in [0.05, 0.1) is 11.3 Å². The summed E-state index contributed by atoms with van der Waals surface area (Å²) in [7, 11) is 0. The zero-order valence-corrected chi connectivity index (χ0v) is 12.4. The molecule has 3 aromatic rings. The quantitative estimate of drug-likeness (QED) is 0.798. The normalized spacial score (nSPS) is 13.4. The zero-order valence-electron chi connectivity index (χ0n) is 12.4. The molecule has 7 heteroatoms. The van der Waals surface area contributed by atoms with Crippen LogP contribution < -0.4 is 5.73 Å². The van der Waals surface area contributed by atoms with Gasteiger partial charge in [0.15, 0.2) is 5.65 Å². The van der Waals surface area contributed by atoms with Crippen LogP contribution in [0.25, 0.3) is 16.9 Å². The van der Waals surface area contributed by atoms with E-state index in [4.69, 9.17) is 5.73 Å². The van der Waals surface area contributed by atoms with Gasteiger partial charge in [-0.1, -0.05) is 19.1 Å². The molecule has 3 rings (SSSR count). The Morgan fingerprint density at radius 3 is 2.52 bits per heavy atom. The van der Waals surface area contributed by atoms with Crippen molar-refractivity contribution in [1.29, 1.82) is 0 Å². The maximum atomic E-state index is 12.7. The SMILES string of the molecule is CCC(N)c1cn2ccnc2c(-c2ccc(C(F)(F)F)cc2)n1. The van der Waals surface area contributed by atoms with Crippen LogP contribution >= 0.6 is 0 Å². The monoisotopic (exact) mass is 320 g/mol. The standard InChI is InChI=1S/C16H15F3N4/c1-2-12(20)13-9-23-8-7-21-15(23)14(22-13)10-3-5-11(6-4-10)16(17,18)19/h3-9,12H,2,20H2,1H3. The molecule has 2 heterocycles. The van der Waals surface area contributed by atoms with Crippen molar-refractivity contribution in [2.45, 2.75) is 25.6 Å². The Balaban J connectivity index is 2.13. The molecule has 0 aliphatic heterocycles. The molecule has 0 amide bonds. The molecule has 0 saturated carbocycles. The number of aromatic nitrogens is 3. The lowest BCUT2D eigenvalue weighted by molar-refractivity contribution is -0.137. The third-order valence-electron chi connectivity index (χ3n) is 3.70. The molecule has 0 aliphatic rings. The van der Waals surface area contributed by atoms with Crippen LogP contribution in [-0.2, 0) is 6.18 Å². The molecule has 2 aromatic heterocycles. The van der Waals surface area contributed by atoms with Crippen LogP contribution in [-0.4, -0.2) is 14.4 Å². The Morgan fingerprint density at radius 1 is 1.22 bits per heavy atom. The van der Waals surface area contributed by atoms with Gasteiger partial charge in [-0.3, -0.25) is 0 Å². The van der Waals surface area contributed by atoms with Crippen LogP contribution in [0.3, 0.4) is 0 Å². The molecule has 1 atom stereocenters. The Bertz CT molecular complexity index is 821. The highest BCUT2D eigenvalue weighted by molar-refractivity contribution is 5.74. The summed E-state index contributed by atoms with van der Waals surface area (Å²) in [4.78, 5) is 8.75. The van der Waals surface area contributed by atoms with E-state index in [2.05, 4.69) is 9.97 Å². The minimum absolute atomic E-state index is 0.241. The van der Waals surface area contributed by atoms with Crippen LogP contribution in [0.2, 0.25) is 0 Å². The summed E-state index contributed by atoms with van der Waals surface area (Å²) in [5, 5.41) is 0. The molecule has 0 bridgehead atoms. The number of hydrogen-bond donors (Lipinski definition) is 1. The van der Waals surface area contributed by atoms with E-state index >= 15 is 0 Å². The van der Waals surface area contributed by atoms with Gasteiger partial charge in [-0.2, -0.15) is 13.2 Å². The van der Waals surface area contributed by atoms with E-state index in [0.717, 1.165) is 12.1 Å². The number of benzene rings is 1. The molecule has 0 spiro atoms. The Morgan fingerprint density at radius 2 is 1.91 bits per heavy atom. The smallest absolute Gasteiger partial charge is 0.323 e. The Hall–Kier alpha value is -2.41. The first-order chi connectivity index (χ1) is 10.9. The van der Waals surface area contributed by atoms with Crippen molar-refractivity contribution in [2.24, 2.45) is 5.73 Å². The van der Waals surface area contributed by atoms with Crippen molar-refractivity contribution in [1.82, 2.24) is 14.4 Å². The van der Waals surface area contributed by atoms with Gasteiger partial charge in [0.1, 0.15) is 5.69 Å². The highest BCUT2D eigenvalue weighted by atomic mass is 19.4. The molecule has 2 N–H and O–H groups in total. The molecule has 0 aliphatic carbocycles. The van der Waals surface area contributed by atoms with Crippen LogP contribution in [0.15, 0.2) is 42.9 Å². The molecule has 0 fully saturated rings. The van der Waals surface area contributed by atoms with Crippen molar-refractivity contribution in [3.05, 3.63) is 54.1 Å². The number of hydrogen-bond acceptors (Lipinski definition) is 3. The minimum atomic E-state index is -4.36. The number of fused-ring (bicyclic) bond motifs is 1. The molecule has 1 aromatic carbocycles. The number of halogens is 3. The summed E-state index contributed by atoms with van der Waals surface area (Å²) in [6.45, 7) is 1.95. The topological polar surface area (TPSA) is 56.2 Å². The van der Waals surface area contributed by atoms with Crippen LogP contribution in [0.4, 0.5) is 13.2 Å². The lowest BCUT2D eigenvalue weighted by Crippen LogP contribution is -2.12. The van der Waals surface area contributed by atoms with E-state index in [-0.39, 0.29) is 6.04 Å². The zero-order chi connectivity index (χ0) is 16.6. The Labute approximate surface area is 130 Å². The molecular weight excluding hydrogens is 305 g/mol. The molecule has 4 nitrogen and oxygen atoms in total. The van der Waals surface area contributed by atoms with Crippen molar-refractivity contribution in [3.8, 4) is 11.3 Å². The maximum Gasteiger partial charge on any atom is 0.416 e. The summed E-state index contributed by atoms with van der Waals surface area (Å²) in [5.74, 6) is 0. The molecule has 23 heavy (non-hydrogen) atoms. The molecule has 1 unspecified atom stereocenters. The summed E-state index contributed by atoms with van der Waals surface area (Å²) in [6, 6.07) is 4.66. The summed E-state index contributed by atoms with van der Waals surface area (Å²) in [5.41, 5.74) is 7.69. The fourth-order valence-corrected chi connectivity index (χ4v) is 2.35. The second-order valence-corrected chi connectivity index (χ2v) is 5.26. The van der Waals surface area contributed by atoms with E-state index in [1.807, 2.05) is 6.92 Å². The fraction of sp³-hybridized carbons (Fsp3) is 0.250. The van der Waals surface area contributed by atoms with Gasteiger partial charge in [-0.25, -0.2) is 9.97 Å². The van der Waals surface area contributed by atoms with Crippen molar-refractivity contribution >= 4 is 5.65 Å². The summed E-state index contributed by atoms with van der Waals surface area (Å²) in [6.07, 6.45) is 1.52. The molecule has 0 saturated heterocycles. The highest BCUT2D eigenvalue weighted by Crippen LogP contribution is 2.31. The first-order valence-electron chi connectivity index (χ1n) is 7.17. The number of nitrogens with two attached hydrogens (primary N) is 1. The number of imidazole rings is 1. The first kappa shape index (κ1) is 15.5. The second kappa shape index (κ2) is 5.66. The molecular formula is C16H15F3N4.